The number of H-pyrrole nitrogens is 1. The van der Waals surface area contributed by atoms with Gasteiger partial charge in [0.2, 0.25) is 0 Å². The van der Waals surface area contributed by atoms with Crippen LogP contribution < -0.4 is 11.2 Å². The van der Waals surface area contributed by atoms with Crippen LogP contribution in [-0.2, 0) is 29.5 Å². The van der Waals surface area contributed by atoms with Gasteiger partial charge in [-0.1, -0.05) is 32.0 Å². The van der Waals surface area contributed by atoms with E-state index in [9.17, 15) is 31.2 Å². The molecule has 14 heteroatoms. The minimum atomic E-state index is -5.55. The number of aryl methyl sites for hydroxylation is 1. The molecule has 0 atom stereocenters. The monoisotopic (exact) mass is 524 g/mol. The molecule has 0 unspecified atom stereocenters. The molecular weight excluding hydrogens is 501 g/mol. The summed E-state index contributed by atoms with van der Waals surface area (Å²) in [6, 6.07) is 4.83. The van der Waals surface area contributed by atoms with Crippen molar-refractivity contribution in [2.45, 2.75) is 56.7 Å². The van der Waals surface area contributed by atoms with E-state index in [1.165, 1.54) is 39.8 Å². The molecule has 192 valence electrons. The number of hydrogen-bond acceptors (Lipinski definition) is 6. The minimum Gasteiger partial charge on any atom is -0.332 e. The summed E-state index contributed by atoms with van der Waals surface area (Å²) in [5.74, 6) is 0.239. The number of rotatable bonds is 8. The Morgan fingerprint density at radius 3 is 2.36 bits per heavy atom. The molecule has 4 rings (SSSR count). The zero-order valence-corrected chi connectivity index (χ0v) is 20.2. The van der Waals surface area contributed by atoms with Gasteiger partial charge in [-0.25, -0.2) is 18.2 Å². The molecule has 0 fully saturated rings. The number of alkyl halides is 3. The Hall–Kier alpha value is -3.68. The fraction of sp³-hybridized carbons (Fsp3) is 0.364. The highest BCUT2D eigenvalue weighted by molar-refractivity contribution is 7.92. The van der Waals surface area contributed by atoms with Crippen molar-refractivity contribution in [3.8, 4) is 11.4 Å². The van der Waals surface area contributed by atoms with Crippen molar-refractivity contribution in [2.24, 2.45) is 0 Å². The molecule has 0 radical (unpaired) electrons. The van der Waals surface area contributed by atoms with Gasteiger partial charge in [-0.15, -0.1) is 0 Å². The second-order valence-electron chi connectivity index (χ2n) is 8.16. The lowest BCUT2D eigenvalue weighted by Gasteiger charge is -2.12. The summed E-state index contributed by atoms with van der Waals surface area (Å²) in [7, 11) is -5.55. The molecule has 0 saturated heterocycles. The first-order chi connectivity index (χ1) is 17.0. The van der Waals surface area contributed by atoms with Gasteiger partial charge in [-0.3, -0.25) is 18.6 Å². The van der Waals surface area contributed by atoms with E-state index in [-0.39, 0.29) is 35.6 Å². The molecule has 10 nitrogen and oxygen atoms in total. The number of aromatic nitrogens is 6. The normalized spacial score (nSPS) is 12.5. The molecule has 0 spiro atoms. The quantitative estimate of drug-likeness (QED) is 0.378. The third-order valence-electron chi connectivity index (χ3n) is 5.56. The SMILES string of the molecule is CCCn1c(=O)c2[nH]c(-c3cnn(Cc4ccccc4S(=O)(=O)C(F)(F)F)c3)nc2n(CCC)c1=O. The summed E-state index contributed by atoms with van der Waals surface area (Å²) in [4.78, 5) is 32.3. The second-order valence-corrected chi connectivity index (χ2v) is 10.1. The second kappa shape index (κ2) is 9.41. The molecule has 3 aromatic heterocycles. The standard InChI is InChI=1S/C22H23F3N6O4S/c1-3-9-30-19-17(20(32)31(10-4-2)21(30)33)27-18(28-19)15-11-26-29(13-15)12-14-7-5-6-8-16(14)36(34,35)22(23,24)25/h5-8,11,13H,3-4,9-10,12H2,1-2H3,(H,27,28). The van der Waals surface area contributed by atoms with Crippen LogP contribution in [0.25, 0.3) is 22.6 Å². The maximum absolute atomic E-state index is 13.1. The van der Waals surface area contributed by atoms with E-state index in [2.05, 4.69) is 15.1 Å². The molecule has 0 bridgehead atoms. The van der Waals surface area contributed by atoms with Crippen LogP contribution in [0.5, 0.6) is 0 Å². The average Bonchev–Trinajstić information content (AvgIpc) is 3.46. The van der Waals surface area contributed by atoms with E-state index in [4.69, 9.17) is 0 Å². The first-order valence-electron chi connectivity index (χ1n) is 11.1. The van der Waals surface area contributed by atoms with E-state index in [1.54, 1.807) is 0 Å². The van der Waals surface area contributed by atoms with Crippen molar-refractivity contribution in [3.63, 3.8) is 0 Å². The van der Waals surface area contributed by atoms with Crippen LogP contribution in [0.2, 0.25) is 0 Å². The summed E-state index contributed by atoms with van der Waals surface area (Å²) in [6.07, 6.45) is 4.07. The minimum absolute atomic E-state index is 0.0895. The number of benzene rings is 1. The molecule has 3 heterocycles. The Balaban J connectivity index is 1.75. The number of sulfone groups is 1. The number of fused-ring (bicyclic) bond motifs is 1. The number of hydrogen-bond donors (Lipinski definition) is 1. The smallest absolute Gasteiger partial charge is 0.332 e. The van der Waals surface area contributed by atoms with Crippen LogP contribution in [-0.4, -0.2) is 42.8 Å². The molecule has 1 aromatic carbocycles. The van der Waals surface area contributed by atoms with Crippen molar-refractivity contribution in [2.75, 3.05) is 0 Å². The van der Waals surface area contributed by atoms with Gasteiger partial charge in [0, 0.05) is 19.3 Å². The molecule has 0 amide bonds. The van der Waals surface area contributed by atoms with E-state index >= 15 is 0 Å². The first kappa shape index (κ1) is 25.4. The number of aromatic amines is 1. The Labute approximate surface area is 202 Å². The van der Waals surface area contributed by atoms with Gasteiger partial charge in [-0.05, 0) is 24.5 Å². The zero-order valence-electron chi connectivity index (χ0n) is 19.4. The summed E-state index contributed by atoms with van der Waals surface area (Å²) in [5, 5.41) is 4.12. The number of nitrogens with zero attached hydrogens (tertiary/aromatic N) is 5. The van der Waals surface area contributed by atoms with Crippen molar-refractivity contribution in [1.29, 1.82) is 0 Å². The van der Waals surface area contributed by atoms with E-state index in [0.29, 0.717) is 24.9 Å². The lowest BCUT2D eigenvalue weighted by atomic mass is 10.2. The van der Waals surface area contributed by atoms with E-state index in [1.807, 2.05) is 13.8 Å². The Morgan fingerprint density at radius 2 is 1.69 bits per heavy atom. The van der Waals surface area contributed by atoms with Gasteiger partial charge < -0.3 is 4.98 Å². The molecule has 0 aliphatic carbocycles. The molecule has 0 aliphatic heterocycles. The van der Waals surface area contributed by atoms with Crippen molar-refractivity contribution in [3.05, 3.63) is 63.1 Å². The largest absolute Gasteiger partial charge is 0.501 e. The Morgan fingerprint density at radius 1 is 1.03 bits per heavy atom. The zero-order chi connectivity index (χ0) is 26.3. The summed E-state index contributed by atoms with van der Waals surface area (Å²) in [6.45, 7) is 4.10. The summed E-state index contributed by atoms with van der Waals surface area (Å²) < 4.78 is 67.2. The molecular formula is C22H23F3N6O4S. The molecule has 1 N–H and O–H groups in total. The highest BCUT2D eigenvalue weighted by Gasteiger charge is 2.47. The summed E-state index contributed by atoms with van der Waals surface area (Å²) >= 11 is 0. The molecule has 0 aliphatic rings. The predicted molar refractivity (Wildman–Crippen MR) is 125 cm³/mol. The van der Waals surface area contributed by atoms with E-state index < -0.39 is 31.5 Å². The highest BCUT2D eigenvalue weighted by atomic mass is 32.2. The predicted octanol–water partition coefficient (Wildman–Crippen LogP) is 2.91. The molecule has 4 aromatic rings. The van der Waals surface area contributed by atoms with Crippen LogP contribution in [0.15, 0.2) is 51.1 Å². The van der Waals surface area contributed by atoms with Crippen LogP contribution in [0.3, 0.4) is 0 Å². The van der Waals surface area contributed by atoms with Crippen molar-refractivity contribution in [1.82, 2.24) is 28.9 Å². The van der Waals surface area contributed by atoms with Gasteiger partial charge >= 0.3 is 11.2 Å². The van der Waals surface area contributed by atoms with Gasteiger partial charge in [-0.2, -0.15) is 18.3 Å². The van der Waals surface area contributed by atoms with Crippen molar-refractivity contribution >= 4 is 21.0 Å². The van der Waals surface area contributed by atoms with Gasteiger partial charge in [0.1, 0.15) is 11.3 Å². The van der Waals surface area contributed by atoms with Crippen LogP contribution >= 0.6 is 0 Å². The fourth-order valence-electron chi connectivity index (χ4n) is 3.92. The first-order valence-corrected chi connectivity index (χ1v) is 12.6. The number of halogens is 3. The maximum atomic E-state index is 13.1. The van der Waals surface area contributed by atoms with Gasteiger partial charge in [0.05, 0.1) is 23.2 Å². The summed E-state index contributed by atoms with van der Waals surface area (Å²) in [5.41, 5.74) is -5.72. The molecule has 0 saturated carbocycles. The molecule has 36 heavy (non-hydrogen) atoms. The van der Waals surface area contributed by atoms with Crippen LogP contribution in [0.4, 0.5) is 13.2 Å². The topological polar surface area (TPSA) is 125 Å². The van der Waals surface area contributed by atoms with Crippen molar-refractivity contribution < 1.29 is 21.6 Å². The maximum Gasteiger partial charge on any atom is 0.501 e. The van der Waals surface area contributed by atoms with Crippen LogP contribution in [0.1, 0.15) is 32.3 Å². The van der Waals surface area contributed by atoms with Gasteiger partial charge in [0.15, 0.2) is 5.65 Å². The fourth-order valence-corrected chi connectivity index (χ4v) is 4.90. The number of nitrogens with one attached hydrogen (secondary N) is 1. The van der Waals surface area contributed by atoms with Crippen LogP contribution in [0, 0.1) is 0 Å². The Kier molecular flexibility index (Phi) is 6.64. The Bertz CT molecular complexity index is 1650. The third kappa shape index (κ3) is 4.36. The average molecular weight is 525 g/mol. The third-order valence-corrected chi connectivity index (χ3v) is 7.15. The lowest BCUT2D eigenvalue weighted by molar-refractivity contribution is -0.0436. The number of imidazole rings is 1. The van der Waals surface area contributed by atoms with Gasteiger partial charge in [0.25, 0.3) is 15.4 Å². The lowest BCUT2D eigenvalue weighted by Crippen LogP contribution is -2.40. The van der Waals surface area contributed by atoms with E-state index in [0.717, 1.165) is 10.6 Å². The highest BCUT2D eigenvalue weighted by Crippen LogP contribution is 2.32.